The Hall–Kier alpha value is -0.570. The molecule has 0 radical (unpaired) electrons. The van der Waals surface area contributed by atoms with Crippen LogP contribution in [0.1, 0.15) is 33.6 Å². The molecule has 2 N–H and O–H groups in total. The summed E-state index contributed by atoms with van der Waals surface area (Å²) in [6.45, 7) is 8.28. The first-order chi connectivity index (χ1) is 6.17. The Morgan fingerprint density at radius 3 is 2.46 bits per heavy atom. The molecule has 13 heavy (non-hydrogen) atoms. The molecular weight excluding hydrogens is 164 g/mol. The molecule has 0 aromatic rings. The maximum Gasteiger partial charge on any atom is 0.225 e. The smallest absolute Gasteiger partial charge is 0.225 e. The molecule has 1 unspecified atom stereocenters. The Morgan fingerprint density at radius 2 is 2.08 bits per heavy atom. The second-order valence-electron chi connectivity index (χ2n) is 3.37. The molecule has 1 atom stereocenters. The standard InChI is InChI=1S/C10H22N2O/c1-4-9(3)10(13)12(5-2)8-6-7-11/h9H,4-8,11H2,1-3H3. The monoisotopic (exact) mass is 186 g/mol. The van der Waals surface area contributed by atoms with Gasteiger partial charge in [-0.3, -0.25) is 4.79 Å². The first kappa shape index (κ1) is 12.4. The van der Waals surface area contributed by atoms with Crippen molar-refractivity contribution in [3.63, 3.8) is 0 Å². The van der Waals surface area contributed by atoms with Crippen molar-refractivity contribution in [1.29, 1.82) is 0 Å². The summed E-state index contributed by atoms with van der Waals surface area (Å²) in [6.07, 6.45) is 1.81. The molecule has 0 aliphatic carbocycles. The van der Waals surface area contributed by atoms with Gasteiger partial charge in [0.2, 0.25) is 5.91 Å². The summed E-state index contributed by atoms with van der Waals surface area (Å²) in [5.41, 5.74) is 5.40. The minimum Gasteiger partial charge on any atom is -0.343 e. The summed E-state index contributed by atoms with van der Waals surface area (Å²) in [5, 5.41) is 0. The normalized spacial score (nSPS) is 12.6. The van der Waals surface area contributed by atoms with Crippen LogP contribution in [0.25, 0.3) is 0 Å². The lowest BCUT2D eigenvalue weighted by molar-refractivity contribution is -0.134. The highest BCUT2D eigenvalue weighted by atomic mass is 16.2. The van der Waals surface area contributed by atoms with Crippen molar-refractivity contribution in [2.75, 3.05) is 19.6 Å². The third-order valence-corrected chi connectivity index (χ3v) is 2.36. The molecule has 3 nitrogen and oxygen atoms in total. The van der Waals surface area contributed by atoms with Crippen molar-refractivity contribution in [2.45, 2.75) is 33.6 Å². The highest BCUT2D eigenvalue weighted by Gasteiger charge is 2.16. The van der Waals surface area contributed by atoms with E-state index in [0.717, 1.165) is 25.9 Å². The summed E-state index contributed by atoms with van der Waals surface area (Å²) in [6, 6.07) is 0. The van der Waals surface area contributed by atoms with E-state index < -0.39 is 0 Å². The van der Waals surface area contributed by atoms with Crippen molar-refractivity contribution in [3.05, 3.63) is 0 Å². The molecule has 0 aromatic heterocycles. The Morgan fingerprint density at radius 1 is 1.46 bits per heavy atom. The molecule has 0 rings (SSSR count). The van der Waals surface area contributed by atoms with Crippen LogP contribution in [0, 0.1) is 5.92 Å². The van der Waals surface area contributed by atoms with E-state index in [2.05, 4.69) is 0 Å². The number of hydrogen-bond donors (Lipinski definition) is 1. The third kappa shape index (κ3) is 4.27. The minimum absolute atomic E-state index is 0.151. The molecule has 0 spiro atoms. The second-order valence-corrected chi connectivity index (χ2v) is 3.37. The highest BCUT2D eigenvalue weighted by molar-refractivity contribution is 5.78. The Kier molecular flexibility index (Phi) is 6.59. The zero-order chi connectivity index (χ0) is 10.3. The van der Waals surface area contributed by atoms with Crippen LogP contribution in [0.5, 0.6) is 0 Å². The van der Waals surface area contributed by atoms with E-state index in [0.29, 0.717) is 6.54 Å². The molecule has 0 bridgehead atoms. The van der Waals surface area contributed by atoms with Gasteiger partial charge in [-0.2, -0.15) is 0 Å². The SMILES string of the molecule is CCC(C)C(=O)N(CC)CCCN. The molecular formula is C10H22N2O. The van der Waals surface area contributed by atoms with Crippen LogP contribution in [0.2, 0.25) is 0 Å². The largest absolute Gasteiger partial charge is 0.343 e. The molecule has 0 saturated heterocycles. The molecule has 3 heteroatoms. The molecule has 0 heterocycles. The highest BCUT2D eigenvalue weighted by Crippen LogP contribution is 2.06. The van der Waals surface area contributed by atoms with Gasteiger partial charge in [0.1, 0.15) is 0 Å². The van der Waals surface area contributed by atoms with Crippen molar-refractivity contribution in [1.82, 2.24) is 4.90 Å². The van der Waals surface area contributed by atoms with Gasteiger partial charge in [0.25, 0.3) is 0 Å². The van der Waals surface area contributed by atoms with Crippen molar-refractivity contribution >= 4 is 5.91 Å². The number of nitrogens with two attached hydrogens (primary N) is 1. The van der Waals surface area contributed by atoms with Gasteiger partial charge in [-0.1, -0.05) is 13.8 Å². The Labute approximate surface area is 81.3 Å². The lowest BCUT2D eigenvalue weighted by Gasteiger charge is -2.23. The fourth-order valence-corrected chi connectivity index (χ4v) is 1.19. The zero-order valence-electron chi connectivity index (χ0n) is 9.05. The summed E-state index contributed by atoms with van der Waals surface area (Å²) in [7, 11) is 0. The quantitative estimate of drug-likeness (QED) is 0.678. The van der Waals surface area contributed by atoms with Crippen LogP contribution in [-0.4, -0.2) is 30.4 Å². The third-order valence-electron chi connectivity index (χ3n) is 2.36. The van der Waals surface area contributed by atoms with Gasteiger partial charge in [0.05, 0.1) is 0 Å². The van der Waals surface area contributed by atoms with E-state index in [1.54, 1.807) is 0 Å². The van der Waals surface area contributed by atoms with Crippen LogP contribution in [-0.2, 0) is 4.79 Å². The molecule has 0 aliphatic heterocycles. The molecule has 0 aliphatic rings. The van der Waals surface area contributed by atoms with Gasteiger partial charge in [0.15, 0.2) is 0 Å². The molecule has 0 aromatic carbocycles. The van der Waals surface area contributed by atoms with Crippen LogP contribution in [0.3, 0.4) is 0 Å². The fraction of sp³-hybridized carbons (Fsp3) is 0.900. The van der Waals surface area contributed by atoms with Gasteiger partial charge in [-0.15, -0.1) is 0 Å². The van der Waals surface area contributed by atoms with E-state index in [-0.39, 0.29) is 11.8 Å². The first-order valence-electron chi connectivity index (χ1n) is 5.16. The fourth-order valence-electron chi connectivity index (χ4n) is 1.19. The van der Waals surface area contributed by atoms with Crippen LogP contribution in [0.15, 0.2) is 0 Å². The van der Waals surface area contributed by atoms with Gasteiger partial charge in [0, 0.05) is 19.0 Å². The molecule has 0 saturated carbocycles. The van der Waals surface area contributed by atoms with E-state index in [1.807, 2.05) is 25.7 Å². The maximum atomic E-state index is 11.7. The Balaban J connectivity index is 3.98. The number of hydrogen-bond acceptors (Lipinski definition) is 2. The zero-order valence-corrected chi connectivity index (χ0v) is 9.05. The summed E-state index contributed by atoms with van der Waals surface area (Å²) >= 11 is 0. The minimum atomic E-state index is 0.151. The maximum absolute atomic E-state index is 11.7. The molecule has 78 valence electrons. The lowest BCUT2D eigenvalue weighted by atomic mass is 10.1. The Bertz CT molecular complexity index is 148. The number of amides is 1. The predicted octanol–water partition coefficient (Wildman–Crippen LogP) is 1.23. The van der Waals surface area contributed by atoms with E-state index in [1.165, 1.54) is 0 Å². The van der Waals surface area contributed by atoms with Gasteiger partial charge in [-0.05, 0) is 26.3 Å². The van der Waals surface area contributed by atoms with Crippen LogP contribution in [0.4, 0.5) is 0 Å². The van der Waals surface area contributed by atoms with Crippen molar-refractivity contribution in [3.8, 4) is 0 Å². The average molecular weight is 186 g/mol. The van der Waals surface area contributed by atoms with Gasteiger partial charge in [-0.25, -0.2) is 0 Å². The average Bonchev–Trinajstić information content (AvgIpc) is 2.17. The lowest BCUT2D eigenvalue weighted by Crippen LogP contribution is -2.36. The number of rotatable bonds is 6. The number of carbonyl (C=O) groups excluding carboxylic acids is 1. The first-order valence-corrected chi connectivity index (χ1v) is 5.16. The second kappa shape index (κ2) is 6.89. The van der Waals surface area contributed by atoms with Crippen LogP contribution < -0.4 is 5.73 Å². The van der Waals surface area contributed by atoms with Gasteiger partial charge < -0.3 is 10.6 Å². The van der Waals surface area contributed by atoms with E-state index >= 15 is 0 Å². The molecule has 0 fully saturated rings. The van der Waals surface area contributed by atoms with Gasteiger partial charge >= 0.3 is 0 Å². The number of nitrogens with zero attached hydrogens (tertiary/aromatic N) is 1. The summed E-state index contributed by atoms with van der Waals surface area (Å²) in [5.74, 6) is 0.413. The van der Waals surface area contributed by atoms with Crippen LogP contribution >= 0.6 is 0 Å². The predicted molar refractivity (Wildman–Crippen MR) is 55.4 cm³/mol. The topological polar surface area (TPSA) is 46.3 Å². The summed E-state index contributed by atoms with van der Waals surface area (Å²) < 4.78 is 0. The van der Waals surface area contributed by atoms with E-state index in [4.69, 9.17) is 5.73 Å². The number of carbonyl (C=O) groups is 1. The van der Waals surface area contributed by atoms with E-state index in [9.17, 15) is 4.79 Å². The molecule has 1 amide bonds. The summed E-state index contributed by atoms with van der Waals surface area (Å²) in [4.78, 5) is 13.6. The van der Waals surface area contributed by atoms with Crippen molar-refractivity contribution < 1.29 is 4.79 Å². The van der Waals surface area contributed by atoms with Crippen molar-refractivity contribution in [2.24, 2.45) is 11.7 Å².